The second kappa shape index (κ2) is 12.1. The van der Waals surface area contributed by atoms with E-state index in [9.17, 15) is 9.59 Å². The van der Waals surface area contributed by atoms with Crippen molar-refractivity contribution in [3.8, 4) is 0 Å². The molecule has 4 radical (unpaired) electrons. The van der Waals surface area contributed by atoms with Crippen LogP contribution < -0.4 is 11.2 Å². The Bertz CT molecular complexity index is 709. The van der Waals surface area contributed by atoms with E-state index in [2.05, 4.69) is 21.7 Å². The van der Waals surface area contributed by atoms with Crippen molar-refractivity contribution in [2.45, 2.75) is 39.1 Å². The molecule has 1 fully saturated rings. The number of aromatic amines is 1. The number of hydrogen-bond donors (Lipinski definition) is 7. The fraction of sp³-hybridized carbons (Fsp3) is 0.636. The highest BCUT2D eigenvalue weighted by Crippen LogP contribution is 2.66. The summed E-state index contributed by atoms with van der Waals surface area (Å²) in [6.07, 6.45) is 1.20. The Kier molecular flexibility index (Phi) is 11.8. The number of aromatic nitrogens is 2. The molecule has 1 saturated heterocycles. The SMILES string of the molecule is Cc1cn(C2CC[C@@H](O)O2)c(=O)[nH]c1=O.[B]C.[B]CO[P+](O)(O)O[P+](O)(O)O. The van der Waals surface area contributed by atoms with Gasteiger partial charge in [-0.2, -0.15) is 29.0 Å². The van der Waals surface area contributed by atoms with E-state index >= 15 is 0 Å². The maximum absolute atomic E-state index is 11.4. The van der Waals surface area contributed by atoms with E-state index in [4.69, 9.17) is 42.2 Å². The van der Waals surface area contributed by atoms with Crippen molar-refractivity contribution in [1.82, 2.24) is 9.55 Å². The van der Waals surface area contributed by atoms with Crippen molar-refractivity contribution in [1.29, 1.82) is 0 Å². The second-order valence-electron chi connectivity index (χ2n) is 4.98. The van der Waals surface area contributed by atoms with Crippen molar-refractivity contribution in [3.05, 3.63) is 32.6 Å². The van der Waals surface area contributed by atoms with Gasteiger partial charge < -0.3 is 9.84 Å². The molecule has 1 aliphatic heterocycles. The second-order valence-corrected chi connectivity index (χ2v) is 7.90. The molecular weight excluding hydrogens is 420 g/mol. The van der Waals surface area contributed by atoms with Crippen LogP contribution in [-0.4, -0.2) is 67.6 Å². The van der Waals surface area contributed by atoms with Gasteiger partial charge in [0.15, 0.2) is 6.29 Å². The minimum absolute atomic E-state index is 0.394. The molecule has 0 saturated carbocycles. The molecule has 1 aromatic heterocycles. The topological polar surface area (TPSA) is 204 Å². The molecule has 2 atom stereocenters. The lowest BCUT2D eigenvalue weighted by Gasteiger charge is -2.13. The molecule has 0 amide bonds. The number of aliphatic hydroxyl groups is 1. The zero-order valence-corrected chi connectivity index (χ0v) is 16.9. The normalized spacial score (nSPS) is 19.3. The third kappa shape index (κ3) is 10.2. The highest BCUT2D eigenvalue weighted by molar-refractivity contribution is 7.67. The predicted molar refractivity (Wildman–Crippen MR) is 101 cm³/mol. The zero-order chi connectivity index (χ0) is 22.1. The molecule has 2 heterocycles. The Hall–Kier alpha value is -0.690. The first-order valence-corrected chi connectivity index (χ1v) is 10.7. The summed E-state index contributed by atoms with van der Waals surface area (Å²) in [5.74, 6) is 0. The summed E-state index contributed by atoms with van der Waals surface area (Å²) in [4.78, 5) is 66.3. The number of nitrogens with zero attached hydrogens (tertiary/aromatic N) is 1. The summed E-state index contributed by atoms with van der Waals surface area (Å²) in [5, 5.41) is 9.17. The summed E-state index contributed by atoms with van der Waals surface area (Å²) in [7, 11) is 0.119. The molecule has 2 rings (SSSR count). The smallest absolute Gasteiger partial charge is 0.368 e. The zero-order valence-electron chi connectivity index (χ0n) is 15.1. The van der Waals surface area contributed by atoms with Gasteiger partial charge in [-0.1, -0.05) is 6.82 Å². The minimum atomic E-state index is -4.70. The molecule has 0 aliphatic carbocycles. The Labute approximate surface area is 163 Å². The number of aryl methyl sites for hydroxylation is 1. The van der Waals surface area contributed by atoms with Gasteiger partial charge in [0.2, 0.25) is 0 Å². The van der Waals surface area contributed by atoms with Crippen LogP contribution in [0.3, 0.4) is 0 Å². The Morgan fingerprint density at radius 1 is 1.25 bits per heavy atom. The molecule has 1 aliphatic rings. The summed E-state index contributed by atoms with van der Waals surface area (Å²) < 4.78 is 13.9. The number of rotatable bonds is 5. The lowest BCUT2D eigenvalue weighted by molar-refractivity contribution is -0.113. The van der Waals surface area contributed by atoms with Crippen LogP contribution in [-0.2, 0) is 13.6 Å². The highest BCUT2D eigenvalue weighted by Gasteiger charge is 2.57. The molecule has 0 aromatic carbocycles. The molecule has 13 nitrogen and oxygen atoms in total. The van der Waals surface area contributed by atoms with Crippen LogP contribution in [0, 0.1) is 6.92 Å². The molecule has 28 heavy (non-hydrogen) atoms. The van der Waals surface area contributed by atoms with Crippen LogP contribution >= 0.6 is 16.3 Å². The highest BCUT2D eigenvalue weighted by atomic mass is 31.3. The molecule has 0 spiro atoms. The van der Waals surface area contributed by atoms with Crippen LogP contribution in [0.4, 0.5) is 0 Å². The average Bonchev–Trinajstić information content (AvgIpc) is 2.97. The maximum atomic E-state index is 11.4. The van der Waals surface area contributed by atoms with Crippen molar-refractivity contribution in [3.63, 3.8) is 0 Å². The van der Waals surface area contributed by atoms with Gasteiger partial charge in [0, 0.05) is 18.2 Å². The van der Waals surface area contributed by atoms with E-state index in [1.54, 1.807) is 6.92 Å². The number of H-pyrrole nitrogens is 1. The van der Waals surface area contributed by atoms with E-state index in [1.165, 1.54) is 17.6 Å². The fourth-order valence-corrected chi connectivity index (χ4v) is 3.39. The van der Waals surface area contributed by atoms with Gasteiger partial charge in [0.25, 0.3) is 5.56 Å². The Morgan fingerprint density at radius 3 is 2.25 bits per heavy atom. The molecule has 17 heteroatoms. The fourth-order valence-electron chi connectivity index (χ4n) is 1.87. The molecular formula is C11H22B2N2O11P2+2. The summed E-state index contributed by atoms with van der Waals surface area (Å²) in [6, 6.07) is 0. The average molecular weight is 442 g/mol. The summed E-state index contributed by atoms with van der Waals surface area (Å²) in [5.41, 5.74) is -0.459. The van der Waals surface area contributed by atoms with Gasteiger partial charge >= 0.3 is 22.0 Å². The van der Waals surface area contributed by atoms with Crippen molar-refractivity contribution >= 4 is 32.0 Å². The van der Waals surface area contributed by atoms with Crippen molar-refractivity contribution in [2.24, 2.45) is 0 Å². The number of nitrogens with one attached hydrogen (secondary N) is 1. The van der Waals surface area contributed by atoms with Gasteiger partial charge in [0.1, 0.15) is 14.1 Å². The third-order valence-electron chi connectivity index (χ3n) is 2.89. The van der Waals surface area contributed by atoms with E-state index in [0.29, 0.717) is 18.4 Å². The van der Waals surface area contributed by atoms with Crippen LogP contribution in [0.15, 0.2) is 15.8 Å². The Balaban J connectivity index is 0.000000502. The van der Waals surface area contributed by atoms with Gasteiger partial charge in [0.05, 0.1) is 18.7 Å². The molecule has 1 unspecified atom stereocenters. The molecule has 0 bridgehead atoms. The van der Waals surface area contributed by atoms with E-state index in [1.807, 2.05) is 0 Å². The number of ether oxygens (including phenoxy) is 1. The number of aliphatic hydroxyl groups excluding tert-OH is 1. The van der Waals surface area contributed by atoms with Crippen LogP contribution in [0.5, 0.6) is 0 Å². The first-order valence-electron chi connectivity index (χ1n) is 7.56. The van der Waals surface area contributed by atoms with E-state index in [-0.39, 0.29) is 0 Å². The van der Waals surface area contributed by atoms with Crippen LogP contribution in [0.1, 0.15) is 24.6 Å². The quantitative estimate of drug-likeness (QED) is 0.199. The summed E-state index contributed by atoms with van der Waals surface area (Å²) in [6.45, 7) is 2.53. The van der Waals surface area contributed by atoms with Gasteiger partial charge in [-0.15, -0.1) is 0 Å². The van der Waals surface area contributed by atoms with E-state index in [0.717, 1.165) is 0 Å². The van der Waals surface area contributed by atoms with E-state index < -0.39 is 46.6 Å². The predicted octanol–water partition coefficient (Wildman–Crippen LogP) is -1.86. The van der Waals surface area contributed by atoms with Gasteiger partial charge in [-0.25, -0.2) is 4.79 Å². The summed E-state index contributed by atoms with van der Waals surface area (Å²) >= 11 is 0. The van der Waals surface area contributed by atoms with Crippen LogP contribution in [0.25, 0.3) is 0 Å². The van der Waals surface area contributed by atoms with Crippen molar-refractivity contribution < 1.29 is 43.1 Å². The third-order valence-corrected chi connectivity index (χ3v) is 5.10. The molecule has 7 N–H and O–H groups in total. The minimum Gasteiger partial charge on any atom is -0.368 e. The largest absolute Gasteiger partial charge is 0.619 e. The Morgan fingerprint density at radius 2 is 1.82 bits per heavy atom. The van der Waals surface area contributed by atoms with Crippen molar-refractivity contribution in [2.75, 3.05) is 6.51 Å². The van der Waals surface area contributed by atoms with Crippen LogP contribution in [0.2, 0.25) is 6.82 Å². The van der Waals surface area contributed by atoms with Gasteiger partial charge in [-0.05, 0) is 13.3 Å². The standard InChI is InChI=1S/C9H12N2O4.CH7BO7P2.CH3B/c1-5-4-11(9(14)10-8(5)13)6-2-3-7(12)15-6;2-1-8-11(6,7)9-10(3,4)5;1-2/h4,6-7,12H,2-3H2,1H3,(H,10,13,14);3-7H,1H2;1H3/q;+2;/t6?,7-;;/m0../s1. The molecule has 156 valence electrons. The molecule has 1 aromatic rings. The monoisotopic (exact) mass is 442 g/mol. The first kappa shape index (κ1) is 27.3. The lowest BCUT2D eigenvalue weighted by atomic mass is 10.2. The first-order chi connectivity index (χ1) is 12.8. The number of hydrogen-bond acceptors (Lipinski definition) is 11. The van der Waals surface area contributed by atoms with Gasteiger partial charge in [-0.3, -0.25) is 14.3 Å². The maximum Gasteiger partial charge on any atom is 0.619 e. The lowest BCUT2D eigenvalue weighted by Crippen LogP contribution is -2.33.